The van der Waals surface area contributed by atoms with Crippen molar-refractivity contribution >= 4 is 6.20 Å². The standard InChI is InChI=1S/C6H7N2/c1-2-8-5-3-7-4-6-8/h2-6H,1H2/q+1. The topological polar surface area (TPSA) is 16.8 Å². The lowest BCUT2D eigenvalue weighted by Gasteiger charge is -1.78. The maximum atomic E-state index is 3.82. The van der Waals surface area contributed by atoms with Crippen LogP contribution in [0, 0.1) is 0 Å². The van der Waals surface area contributed by atoms with Crippen LogP contribution in [0.15, 0.2) is 31.4 Å². The van der Waals surface area contributed by atoms with Crippen LogP contribution in [0.4, 0.5) is 0 Å². The highest BCUT2D eigenvalue weighted by molar-refractivity contribution is 4.94. The summed E-state index contributed by atoms with van der Waals surface area (Å²) >= 11 is 0. The van der Waals surface area contributed by atoms with Crippen LogP contribution in [0.2, 0.25) is 0 Å². The minimum Gasteiger partial charge on any atom is -0.252 e. The number of rotatable bonds is 1. The molecule has 2 heteroatoms. The number of hydrogen-bond donors (Lipinski definition) is 0. The second kappa shape index (κ2) is 2.21. The van der Waals surface area contributed by atoms with Gasteiger partial charge in [0.05, 0.1) is 12.4 Å². The SMILES string of the molecule is C=C[n+]1ccncc1. The van der Waals surface area contributed by atoms with Gasteiger partial charge >= 0.3 is 0 Å². The third-order valence-corrected chi connectivity index (χ3v) is 0.861. The van der Waals surface area contributed by atoms with Crippen LogP contribution in [-0.2, 0) is 0 Å². The Bertz CT molecular complexity index is 169. The Morgan fingerprint density at radius 1 is 1.38 bits per heavy atom. The monoisotopic (exact) mass is 107 g/mol. The molecule has 1 aromatic rings. The molecule has 0 amide bonds. The third-order valence-electron chi connectivity index (χ3n) is 0.861. The van der Waals surface area contributed by atoms with Crippen molar-refractivity contribution in [3.8, 4) is 0 Å². The molecule has 0 bridgehead atoms. The molecule has 0 aromatic carbocycles. The molecule has 0 fully saturated rings. The molecule has 0 saturated heterocycles. The number of hydrogen-bond acceptors (Lipinski definition) is 1. The summed E-state index contributed by atoms with van der Waals surface area (Å²) in [6, 6.07) is 0. The largest absolute Gasteiger partial charge is 0.252 e. The molecule has 0 saturated carbocycles. The van der Waals surface area contributed by atoms with E-state index in [9.17, 15) is 0 Å². The summed E-state index contributed by atoms with van der Waals surface area (Å²) in [6.45, 7) is 3.57. The first-order valence-electron chi connectivity index (χ1n) is 2.37. The summed E-state index contributed by atoms with van der Waals surface area (Å²) in [5.41, 5.74) is 0. The molecule has 0 unspecified atom stereocenters. The third kappa shape index (κ3) is 0.904. The highest BCUT2D eigenvalue weighted by atomic mass is 14.9. The molecule has 1 rings (SSSR count). The van der Waals surface area contributed by atoms with Crippen LogP contribution in [-0.4, -0.2) is 4.98 Å². The number of aromatic nitrogens is 2. The van der Waals surface area contributed by atoms with Gasteiger partial charge in [0.25, 0.3) is 0 Å². The van der Waals surface area contributed by atoms with E-state index in [0.717, 1.165) is 0 Å². The van der Waals surface area contributed by atoms with E-state index in [1.54, 1.807) is 18.6 Å². The zero-order valence-electron chi connectivity index (χ0n) is 4.49. The first-order valence-corrected chi connectivity index (χ1v) is 2.37. The Morgan fingerprint density at radius 2 is 2.00 bits per heavy atom. The Kier molecular flexibility index (Phi) is 1.37. The van der Waals surface area contributed by atoms with E-state index in [1.807, 2.05) is 17.0 Å². The zero-order chi connectivity index (χ0) is 5.82. The van der Waals surface area contributed by atoms with Gasteiger partial charge in [0.1, 0.15) is 0 Å². The second-order valence-electron chi connectivity index (χ2n) is 1.38. The Labute approximate surface area is 48.1 Å². The van der Waals surface area contributed by atoms with Crippen molar-refractivity contribution in [2.75, 3.05) is 0 Å². The van der Waals surface area contributed by atoms with Crippen molar-refractivity contribution in [2.24, 2.45) is 0 Å². The van der Waals surface area contributed by atoms with Gasteiger partial charge < -0.3 is 0 Å². The van der Waals surface area contributed by atoms with Crippen LogP contribution in [0.5, 0.6) is 0 Å². The average molecular weight is 107 g/mol. The van der Waals surface area contributed by atoms with Gasteiger partial charge in [-0.3, -0.25) is 4.98 Å². The Hall–Kier alpha value is -1.18. The van der Waals surface area contributed by atoms with Gasteiger partial charge in [-0.1, -0.05) is 0 Å². The predicted molar refractivity (Wildman–Crippen MR) is 30.8 cm³/mol. The van der Waals surface area contributed by atoms with Crippen LogP contribution in [0.3, 0.4) is 0 Å². The fourth-order valence-electron chi connectivity index (χ4n) is 0.452. The van der Waals surface area contributed by atoms with E-state index >= 15 is 0 Å². The van der Waals surface area contributed by atoms with Crippen LogP contribution >= 0.6 is 0 Å². The summed E-state index contributed by atoms with van der Waals surface area (Å²) in [7, 11) is 0. The summed E-state index contributed by atoms with van der Waals surface area (Å²) in [6.07, 6.45) is 8.78. The van der Waals surface area contributed by atoms with Crippen molar-refractivity contribution in [2.45, 2.75) is 0 Å². The van der Waals surface area contributed by atoms with Crippen molar-refractivity contribution in [3.05, 3.63) is 31.4 Å². The lowest BCUT2D eigenvalue weighted by molar-refractivity contribution is -0.568. The average Bonchev–Trinajstić information content (AvgIpc) is 1.90. The molecular formula is C6H7N2+. The van der Waals surface area contributed by atoms with Crippen LogP contribution in [0.25, 0.3) is 6.20 Å². The molecule has 0 spiro atoms. The van der Waals surface area contributed by atoms with Gasteiger partial charge in [0.2, 0.25) is 0 Å². The molecule has 40 valence electrons. The maximum Gasteiger partial charge on any atom is 0.192 e. The van der Waals surface area contributed by atoms with E-state index in [4.69, 9.17) is 0 Å². The smallest absolute Gasteiger partial charge is 0.192 e. The predicted octanol–water partition coefficient (Wildman–Crippen LogP) is 0.470. The maximum absolute atomic E-state index is 3.82. The van der Waals surface area contributed by atoms with E-state index in [2.05, 4.69) is 11.6 Å². The van der Waals surface area contributed by atoms with E-state index in [0.29, 0.717) is 0 Å². The van der Waals surface area contributed by atoms with Gasteiger partial charge in [-0.15, -0.1) is 0 Å². The van der Waals surface area contributed by atoms with Crippen molar-refractivity contribution in [1.82, 2.24) is 4.98 Å². The van der Waals surface area contributed by atoms with Gasteiger partial charge in [-0.2, -0.15) is 4.57 Å². The van der Waals surface area contributed by atoms with Crippen molar-refractivity contribution < 1.29 is 4.57 Å². The molecule has 8 heavy (non-hydrogen) atoms. The van der Waals surface area contributed by atoms with E-state index in [-0.39, 0.29) is 0 Å². The molecular weight excluding hydrogens is 100 g/mol. The Balaban J connectivity index is 2.99. The van der Waals surface area contributed by atoms with Gasteiger partial charge in [-0.25, -0.2) is 0 Å². The first kappa shape index (κ1) is 4.97. The molecule has 0 aliphatic rings. The summed E-state index contributed by atoms with van der Waals surface area (Å²) < 4.78 is 1.83. The Morgan fingerprint density at radius 3 is 2.38 bits per heavy atom. The minimum atomic E-state index is 1.71. The highest BCUT2D eigenvalue weighted by Crippen LogP contribution is 1.67. The minimum absolute atomic E-state index is 1.71. The van der Waals surface area contributed by atoms with Gasteiger partial charge in [0, 0.05) is 0 Å². The summed E-state index contributed by atoms with van der Waals surface area (Å²) in [5.74, 6) is 0. The lowest BCUT2D eigenvalue weighted by atomic mass is 10.7. The zero-order valence-corrected chi connectivity index (χ0v) is 4.49. The molecule has 0 atom stereocenters. The number of nitrogens with zero attached hydrogens (tertiary/aromatic N) is 2. The summed E-state index contributed by atoms with van der Waals surface area (Å²) in [5, 5.41) is 0. The fourth-order valence-corrected chi connectivity index (χ4v) is 0.452. The molecule has 2 nitrogen and oxygen atoms in total. The van der Waals surface area contributed by atoms with Crippen molar-refractivity contribution in [1.29, 1.82) is 0 Å². The molecule has 1 heterocycles. The van der Waals surface area contributed by atoms with Crippen molar-refractivity contribution in [3.63, 3.8) is 0 Å². The summed E-state index contributed by atoms with van der Waals surface area (Å²) in [4.78, 5) is 3.82. The van der Waals surface area contributed by atoms with Crippen LogP contribution < -0.4 is 4.57 Å². The molecule has 1 aromatic heterocycles. The lowest BCUT2D eigenvalue weighted by Crippen LogP contribution is -2.23. The highest BCUT2D eigenvalue weighted by Gasteiger charge is 1.84. The molecule has 0 N–H and O–H groups in total. The van der Waals surface area contributed by atoms with Crippen LogP contribution in [0.1, 0.15) is 0 Å². The van der Waals surface area contributed by atoms with E-state index in [1.165, 1.54) is 0 Å². The first-order chi connectivity index (χ1) is 3.93. The quantitative estimate of drug-likeness (QED) is 0.477. The molecule has 0 aliphatic heterocycles. The second-order valence-corrected chi connectivity index (χ2v) is 1.38. The van der Waals surface area contributed by atoms with Gasteiger partial charge in [0.15, 0.2) is 18.6 Å². The van der Waals surface area contributed by atoms with Gasteiger partial charge in [-0.05, 0) is 6.58 Å². The van der Waals surface area contributed by atoms with E-state index < -0.39 is 0 Å². The normalized spacial score (nSPS) is 8.50. The molecule has 0 radical (unpaired) electrons. The fraction of sp³-hybridized carbons (Fsp3) is 0. The molecule has 0 aliphatic carbocycles.